The van der Waals surface area contributed by atoms with Crippen LogP contribution in [-0.4, -0.2) is 15.6 Å². The lowest BCUT2D eigenvalue weighted by Crippen LogP contribution is -2.37. The SMILES string of the molecule is C=CCCC[C@@H](C(=O)SC(C)(C)C)[C@H]1CCC(=O)[C@]1(C)CC(=C)C. The van der Waals surface area contributed by atoms with Crippen LogP contribution in [0.1, 0.15) is 73.1 Å². The number of thioether (sulfide) groups is 1. The summed E-state index contributed by atoms with van der Waals surface area (Å²) in [5, 5.41) is 0.249. The highest BCUT2D eigenvalue weighted by molar-refractivity contribution is 8.14. The fourth-order valence-electron chi connectivity index (χ4n) is 3.94. The maximum atomic E-state index is 13.0. The Morgan fingerprint density at radius 3 is 2.58 bits per heavy atom. The maximum absolute atomic E-state index is 13.0. The molecule has 1 aliphatic carbocycles. The molecule has 0 aromatic rings. The second-order valence-electron chi connectivity index (χ2n) is 8.48. The molecular weight excluding hydrogens is 316 g/mol. The number of unbranched alkanes of at least 4 members (excludes halogenated alkanes) is 1. The molecule has 1 aliphatic rings. The largest absolute Gasteiger partial charge is 0.299 e. The van der Waals surface area contributed by atoms with Crippen molar-refractivity contribution in [2.45, 2.75) is 77.9 Å². The molecule has 136 valence electrons. The Morgan fingerprint density at radius 2 is 2.08 bits per heavy atom. The fourth-order valence-corrected chi connectivity index (χ4v) is 4.98. The van der Waals surface area contributed by atoms with Gasteiger partial charge in [0.25, 0.3) is 0 Å². The molecule has 0 N–H and O–H groups in total. The van der Waals surface area contributed by atoms with Crippen LogP contribution in [0.15, 0.2) is 24.8 Å². The third kappa shape index (κ3) is 5.61. The van der Waals surface area contributed by atoms with Gasteiger partial charge < -0.3 is 0 Å². The summed E-state index contributed by atoms with van der Waals surface area (Å²) < 4.78 is -0.0961. The molecule has 0 heterocycles. The average Bonchev–Trinajstić information content (AvgIpc) is 2.68. The fraction of sp³-hybridized carbons (Fsp3) is 0.714. The summed E-state index contributed by atoms with van der Waals surface area (Å²) in [6, 6.07) is 0. The molecule has 0 aromatic heterocycles. The summed E-state index contributed by atoms with van der Waals surface area (Å²) in [5.74, 6) is 0.386. The van der Waals surface area contributed by atoms with Crippen LogP contribution >= 0.6 is 11.8 Å². The standard InChI is InChI=1S/C21H34O2S/c1-8-9-10-11-16(19(23)24-20(4,5)6)17-12-13-18(22)21(17,7)14-15(2)3/h8,16-17H,1-2,9-14H2,3-7H3/t16-,17-,21-/m1/s1. The quantitative estimate of drug-likeness (QED) is 0.399. The number of allylic oxidation sites excluding steroid dienone is 2. The van der Waals surface area contributed by atoms with Gasteiger partial charge in [-0.15, -0.1) is 13.2 Å². The first-order valence-electron chi connectivity index (χ1n) is 9.02. The van der Waals surface area contributed by atoms with Crippen molar-refractivity contribution in [3.8, 4) is 0 Å². The van der Waals surface area contributed by atoms with Gasteiger partial charge in [-0.25, -0.2) is 0 Å². The van der Waals surface area contributed by atoms with Crippen LogP contribution in [-0.2, 0) is 9.59 Å². The zero-order valence-corrected chi connectivity index (χ0v) is 16.9. The molecule has 3 heteroatoms. The summed E-state index contributed by atoms with van der Waals surface area (Å²) in [4.78, 5) is 25.6. The van der Waals surface area contributed by atoms with Crippen LogP contribution in [0.25, 0.3) is 0 Å². The Kier molecular flexibility index (Phi) is 7.52. The number of Topliss-reactive ketones (excluding diaryl/α,β-unsaturated/α-hetero) is 1. The number of hydrogen-bond acceptors (Lipinski definition) is 3. The van der Waals surface area contributed by atoms with Crippen LogP contribution in [0, 0.1) is 17.3 Å². The molecule has 0 amide bonds. The second-order valence-corrected chi connectivity index (χ2v) is 10.3. The maximum Gasteiger partial charge on any atom is 0.192 e. The van der Waals surface area contributed by atoms with Crippen LogP contribution in [0.4, 0.5) is 0 Å². The number of ketones is 1. The second kappa shape index (κ2) is 8.51. The smallest absolute Gasteiger partial charge is 0.192 e. The summed E-state index contributed by atoms with van der Waals surface area (Å²) in [7, 11) is 0. The van der Waals surface area contributed by atoms with Gasteiger partial charge in [0.1, 0.15) is 5.78 Å². The topological polar surface area (TPSA) is 34.1 Å². The number of carbonyl (C=O) groups excluding carboxylic acids is 2. The van der Waals surface area contributed by atoms with E-state index in [4.69, 9.17) is 0 Å². The number of carbonyl (C=O) groups is 2. The Morgan fingerprint density at radius 1 is 1.46 bits per heavy atom. The van der Waals surface area contributed by atoms with Gasteiger partial charge in [0.15, 0.2) is 5.12 Å². The summed E-state index contributed by atoms with van der Waals surface area (Å²) in [6.07, 6.45) is 6.75. The molecule has 0 spiro atoms. The van der Waals surface area contributed by atoms with E-state index in [0.29, 0.717) is 18.6 Å². The third-order valence-corrected chi connectivity index (χ3v) is 6.04. The predicted octanol–water partition coefficient (Wildman–Crippen LogP) is 5.97. The number of rotatable bonds is 8. The summed E-state index contributed by atoms with van der Waals surface area (Å²) in [6.45, 7) is 18.0. The van der Waals surface area contributed by atoms with Gasteiger partial charge in [0.05, 0.1) is 0 Å². The summed E-state index contributed by atoms with van der Waals surface area (Å²) in [5.41, 5.74) is 0.595. The molecule has 1 saturated carbocycles. The molecule has 0 bridgehead atoms. The van der Waals surface area contributed by atoms with Gasteiger partial charge in [-0.3, -0.25) is 9.59 Å². The van der Waals surface area contributed by atoms with Gasteiger partial charge >= 0.3 is 0 Å². The molecule has 1 rings (SSSR count). The predicted molar refractivity (Wildman–Crippen MR) is 105 cm³/mol. The van der Waals surface area contributed by atoms with Gasteiger partial charge in [0.2, 0.25) is 0 Å². The van der Waals surface area contributed by atoms with Gasteiger partial charge in [-0.1, -0.05) is 51.1 Å². The van der Waals surface area contributed by atoms with E-state index in [0.717, 1.165) is 31.3 Å². The third-order valence-electron chi connectivity index (χ3n) is 4.93. The Balaban J connectivity index is 3.07. The first kappa shape index (κ1) is 21.2. The first-order chi connectivity index (χ1) is 11.0. The zero-order valence-electron chi connectivity index (χ0n) is 16.1. The molecule has 0 aliphatic heterocycles. The lowest BCUT2D eigenvalue weighted by atomic mass is 9.68. The zero-order chi connectivity index (χ0) is 18.5. The first-order valence-corrected chi connectivity index (χ1v) is 9.84. The molecule has 3 atom stereocenters. The van der Waals surface area contributed by atoms with E-state index < -0.39 is 5.41 Å². The van der Waals surface area contributed by atoms with Gasteiger partial charge in [0, 0.05) is 22.5 Å². The minimum Gasteiger partial charge on any atom is -0.299 e. The van der Waals surface area contributed by atoms with Gasteiger partial charge in [-0.05, 0) is 44.9 Å². The molecule has 2 nitrogen and oxygen atoms in total. The van der Waals surface area contributed by atoms with E-state index in [-0.39, 0.29) is 21.7 Å². The molecule has 0 saturated heterocycles. The van der Waals surface area contributed by atoms with E-state index in [1.165, 1.54) is 11.8 Å². The Labute approximate surface area is 152 Å². The molecule has 0 aromatic carbocycles. The van der Waals surface area contributed by atoms with Crippen molar-refractivity contribution in [2.24, 2.45) is 17.3 Å². The van der Waals surface area contributed by atoms with Crippen molar-refractivity contribution in [1.82, 2.24) is 0 Å². The van der Waals surface area contributed by atoms with Crippen LogP contribution in [0.2, 0.25) is 0 Å². The van der Waals surface area contributed by atoms with Crippen LogP contribution in [0.3, 0.4) is 0 Å². The molecule has 0 radical (unpaired) electrons. The Bertz CT molecular complexity index is 500. The highest BCUT2D eigenvalue weighted by atomic mass is 32.2. The van der Waals surface area contributed by atoms with Crippen LogP contribution < -0.4 is 0 Å². The molecule has 0 unspecified atom stereocenters. The monoisotopic (exact) mass is 350 g/mol. The number of hydrogen-bond donors (Lipinski definition) is 0. The van der Waals surface area contributed by atoms with Crippen LogP contribution in [0.5, 0.6) is 0 Å². The highest BCUT2D eigenvalue weighted by Gasteiger charge is 2.50. The highest BCUT2D eigenvalue weighted by Crippen LogP contribution is 2.50. The van der Waals surface area contributed by atoms with Gasteiger partial charge in [-0.2, -0.15) is 0 Å². The minimum atomic E-state index is -0.432. The molecule has 1 fully saturated rings. The minimum absolute atomic E-state index is 0.0509. The van der Waals surface area contributed by atoms with Crippen molar-refractivity contribution in [3.05, 3.63) is 24.8 Å². The van der Waals surface area contributed by atoms with E-state index in [1.807, 2.05) is 13.0 Å². The van der Waals surface area contributed by atoms with E-state index in [2.05, 4.69) is 40.9 Å². The van der Waals surface area contributed by atoms with Crippen molar-refractivity contribution >= 4 is 22.7 Å². The van der Waals surface area contributed by atoms with Crippen molar-refractivity contribution in [1.29, 1.82) is 0 Å². The molecular formula is C21H34O2S. The lowest BCUT2D eigenvalue weighted by molar-refractivity contribution is -0.128. The summed E-state index contributed by atoms with van der Waals surface area (Å²) >= 11 is 1.43. The normalized spacial score (nSPS) is 25.5. The lowest BCUT2D eigenvalue weighted by Gasteiger charge is -2.36. The van der Waals surface area contributed by atoms with E-state index >= 15 is 0 Å². The van der Waals surface area contributed by atoms with Crippen molar-refractivity contribution < 1.29 is 9.59 Å². The Hall–Kier alpha value is -0.830. The molecule has 24 heavy (non-hydrogen) atoms. The van der Waals surface area contributed by atoms with Crippen molar-refractivity contribution in [2.75, 3.05) is 0 Å². The average molecular weight is 351 g/mol. The van der Waals surface area contributed by atoms with E-state index in [1.54, 1.807) is 0 Å². The van der Waals surface area contributed by atoms with Crippen molar-refractivity contribution in [3.63, 3.8) is 0 Å². The van der Waals surface area contributed by atoms with E-state index in [9.17, 15) is 9.59 Å².